The Hall–Kier alpha value is -4.32. The third-order valence-corrected chi connectivity index (χ3v) is 23.6. The van der Waals surface area contributed by atoms with Crippen molar-refractivity contribution < 1.29 is 85.6 Å². The van der Waals surface area contributed by atoms with E-state index in [1.165, 1.54) is 56.3 Å². The number of hydrogen-bond donors (Lipinski definition) is 10. The second-order valence-corrected chi connectivity index (χ2v) is 52.7. The van der Waals surface area contributed by atoms with Crippen molar-refractivity contribution in [3.63, 3.8) is 0 Å². The number of carboxylic acid groups (broad SMARTS) is 1. The van der Waals surface area contributed by atoms with Gasteiger partial charge in [-0.3, -0.25) is 19.6 Å². The molecule has 710 valence electrons. The van der Waals surface area contributed by atoms with Crippen molar-refractivity contribution in [2.45, 2.75) is 282 Å². The first-order chi connectivity index (χ1) is 58.3. The average Bonchev–Trinajstić information content (AvgIpc) is 1.69. The van der Waals surface area contributed by atoms with E-state index in [2.05, 4.69) is 211 Å². The van der Waals surface area contributed by atoms with E-state index in [9.17, 15) is 53.1 Å². The minimum atomic E-state index is -1.11. The number of carbonyl (C=O) groups is 10. The number of aromatic nitrogens is 6. The predicted molar refractivity (Wildman–Crippen MR) is 545 cm³/mol. The van der Waals surface area contributed by atoms with E-state index in [1.807, 2.05) is 76.9 Å². The van der Waals surface area contributed by atoms with Gasteiger partial charge in [0.25, 0.3) is 0 Å². The summed E-state index contributed by atoms with van der Waals surface area (Å²) in [6.45, 7) is 38.3. The van der Waals surface area contributed by atoms with Crippen molar-refractivity contribution in [3.05, 3.63) is 97.5 Å². The van der Waals surface area contributed by atoms with Gasteiger partial charge in [0.15, 0.2) is 0 Å². The summed E-state index contributed by atoms with van der Waals surface area (Å²) in [4.78, 5) is 156. The molecule has 0 aromatic carbocycles. The Labute approximate surface area is 837 Å². The number of aliphatic hydroxyl groups is 1. The maximum absolute atomic E-state index is 13.0. The van der Waals surface area contributed by atoms with E-state index in [0.29, 0.717) is 82.2 Å². The molecular formula is C79H132BI6N18O15S6-. The molecule has 9 atom stereocenters. The van der Waals surface area contributed by atoms with Gasteiger partial charge >= 0.3 is 98.7 Å². The number of urea groups is 4. The average molecular weight is 2540 g/mol. The number of methoxy groups -OCH3 is 1. The quantitative estimate of drug-likeness (QED) is 0.00745. The molecule has 2 radical (unpaired) electrons. The molecule has 0 saturated heterocycles. The first-order valence-electron chi connectivity index (χ1n) is 39.9. The van der Waals surface area contributed by atoms with E-state index in [0.717, 1.165) is 52.6 Å². The summed E-state index contributed by atoms with van der Waals surface area (Å²) in [6.07, 6.45) is 3.70. The van der Waals surface area contributed by atoms with Crippen molar-refractivity contribution in [1.29, 1.82) is 1.34 Å². The minimum absolute atomic E-state index is 0. The normalized spacial score (nSPS) is 12.8. The largest absolute Gasteiger partial charge is 0.0379 e. The number of amides is 12. The molecule has 33 nitrogen and oxygen atoms in total. The smallest absolute Gasteiger partial charge is 0.0379 e. The molecule has 0 aliphatic rings. The number of rotatable bonds is 38. The number of hydrogen-bond acceptors (Lipinski definition) is 26. The van der Waals surface area contributed by atoms with Crippen LogP contribution in [0.4, 0.5) is 28.8 Å². The summed E-state index contributed by atoms with van der Waals surface area (Å²) in [7, 11) is 11.7. The second kappa shape index (κ2) is 67.8. The minimum Gasteiger partial charge on any atom is -0.0379 e. The van der Waals surface area contributed by atoms with Gasteiger partial charge in [0, 0.05) is 156 Å². The zero-order valence-corrected chi connectivity index (χ0v) is 92.9. The van der Waals surface area contributed by atoms with Gasteiger partial charge in [0.1, 0.15) is 37.4 Å². The van der Waals surface area contributed by atoms with Crippen LogP contribution in [0.3, 0.4) is 0 Å². The fourth-order valence-corrected chi connectivity index (χ4v) is 14.6. The molecule has 0 spiro atoms. The van der Waals surface area contributed by atoms with Crippen LogP contribution in [0, 0.1) is 17.8 Å². The first-order valence-corrected chi connectivity index (χ1v) is 63.5. The standard InChI is InChI=1S/C25H40N6O4S2.C24H38N6O5S2.C15H25N3O3S.C14H23N3O3S.CH4.BH.I3.I2.HI/c1-15(2)21(30-24(33)31(7)11-19-13-36-23(29-19)16(3)4)22(32)27-17(5)8-9-18(6)28-25(34)35-12-20-10-26-14-37-20;1-14(2)22-28-18(12-36-22)10-30(6)23(33)29-20(17(5)31)21(32)26-15(3)7-8-16(4)27-24(34)35-11-19-9-25-13-37-19;1-9(2)12(14(19)21-6)17-15(20)18(5)7-11-8-22-13(16-11)10(3)4;1-8(2)11(13(18)19)16-14(20)17(5)6-10-7-21-12(15-10)9(3)4;;;1-3-2;1-2;/h10,13-18,21H,8-9,11-12H2,1-7H3,(H,27,32)(H,28,34)(H,30,33);9,12-17,20,31H,7-8,10-11H2,1-6H3,(H,26,32)(H,27,34)(H,29,33);8-10,12H,7H2,1-6H3,(H,17,20);7-9,11H,6H2,1-5H3,(H,16,20)(H,18,19);1H4;1H;;;1H/q;;;;;;-1;;/t17-,18-,21-;15-,16-,17?,20-;12-;11-;;;;;/m0000...../s1/i;;;;;1D;;;. The molecule has 0 aliphatic heterocycles. The topological polar surface area (TPSA) is 425 Å². The Morgan fingerprint density at radius 1 is 0.440 bits per heavy atom. The van der Waals surface area contributed by atoms with E-state index in [4.69, 9.17) is 20.7 Å². The monoisotopic (exact) mass is 2540 g/mol. The van der Waals surface area contributed by atoms with Crippen molar-refractivity contribution in [1.82, 2.24) is 92.0 Å². The molecule has 0 saturated carbocycles. The number of carboxylic acids is 1. The molecular weight excluding hydrogens is 2410 g/mol. The van der Waals surface area contributed by atoms with E-state index in [1.54, 1.807) is 111 Å². The van der Waals surface area contributed by atoms with E-state index < -0.39 is 72.4 Å². The van der Waals surface area contributed by atoms with Crippen molar-refractivity contribution >= 4 is 235 Å². The van der Waals surface area contributed by atoms with Crippen molar-refractivity contribution in [2.24, 2.45) is 17.8 Å². The van der Waals surface area contributed by atoms with Gasteiger partial charge in [-0.15, -0.1) is 92.0 Å². The molecule has 46 heteroatoms. The Morgan fingerprint density at radius 3 is 0.928 bits per heavy atom. The molecule has 125 heavy (non-hydrogen) atoms. The fourth-order valence-electron chi connectivity index (χ4n) is 10.3. The molecule has 0 fully saturated rings. The summed E-state index contributed by atoms with van der Waals surface area (Å²) in [5.74, 6) is -1.10. The number of alkyl carbamates (subject to hydrolysis) is 2. The maximum atomic E-state index is 13.0. The Kier molecular flexibility index (Phi) is 66.6. The fraction of sp³-hybridized carbons (Fsp3) is 0.646. The molecule has 1 unspecified atom stereocenters. The second-order valence-electron chi connectivity index (χ2n) is 31.0. The van der Waals surface area contributed by atoms with Gasteiger partial charge in [-0.05, 0) is 79.4 Å². The Balaban J connectivity index is -0.00000160. The third-order valence-electron chi connectivity index (χ3n) is 17.4. The van der Waals surface area contributed by atoms with Crippen LogP contribution in [-0.4, -0.2) is 219 Å². The maximum Gasteiger partial charge on any atom is 0.0379 e. The number of nitrogens with zero attached hydrogens (tertiary/aromatic N) is 10. The number of carbonyl (C=O) groups excluding carboxylic acids is 9. The number of aliphatic carboxylic acids is 1. The summed E-state index contributed by atoms with van der Waals surface area (Å²) in [6, 6.07) is -5.52. The Bertz CT molecular complexity index is 3890. The van der Waals surface area contributed by atoms with Crippen LogP contribution < -0.4 is 55.8 Å². The molecule has 6 aromatic rings. The molecule has 12 amide bonds. The van der Waals surface area contributed by atoms with Crippen LogP contribution in [0.25, 0.3) is 0 Å². The molecule has 10 N–H and O–H groups in total. The van der Waals surface area contributed by atoms with Crippen molar-refractivity contribution in [3.8, 4) is 0 Å². The van der Waals surface area contributed by atoms with Gasteiger partial charge in [0.2, 0.25) is 11.8 Å². The van der Waals surface area contributed by atoms with Crippen LogP contribution in [-0.2, 0) is 72.8 Å². The van der Waals surface area contributed by atoms with Crippen LogP contribution in [0.2, 0.25) is 0 Å². The van der Waals surface area contributed by atoms with E-state index >= 15 is 0 Å². The van der Waals surface area contributed by atoms with Crippen LogP contribution in [0.15, 0.2) is 44.9 Å². The predicted octanol–water partition coefficient (Wildman–Crippen LogP) is 14.0. The SMILES string of the molecule is C.CC(C)c1nc(CN(C)C(=O)N[C@H](C(=O)N[C@@H](C)CC[C@H](C)NC(=O)OCc2cncs2)C(C)C)cs1.CC(C)c1nc(CN(C)C(=O)N[C@H](C(=O)N[C@@H](C)CC[C@H](C)NC(=O)OCc2cncs2)C(C)O)cs1.CC(C)c1nc(CN(C)C(=O)N[C@H](C(=O)O)C(C)C)cs1.COC(=O)[C@@H](NC(=O)N(C)Cc1csc(C(C)C)n1)C(C)C.I.II.I[I-]I.[2H][B]. The number of nitrogens with one attached hydrogen (secondary N) is 8. The zero-order valence-electron chi connectivity index (χ0n) is 75.9. The molecule has 0 aliphatic carbocycles. The molecule has 6 rings (SSSR count). The Morgan fingerprint density at radius 2 is 0.696 bits per heavy atom. The first kappa shape index (κ1) is 123. The molecule has 6 aromatic heterocycles. The number of halogens is 6. The van der Waals surface area contributed by atoms with Gasteiger partial charge < -0.3 is 86.6 Å². The number of thiazole rings is 6. The van der Waals surface area contributed by atoms with E-state index in [-0.39, 0.29) is 111 Å². The van der Waals surface area contributed by atoms with Gasteiger partial charge in [-0.1, -0.05) is 104 Å². The van der Waals surface area contributed by atoms with Crippen LogP contribution >= 0.6 is 166 Å². The zero-order chi connectivity index (χ0) is 94.8. The van der Waals surface area contributed by atoms with Crippen LogP contribution in [0.1, 0.15) is 241 Å². The van der Waals surface area contributed by atoms with Gasteiger partial charge in [-0.2, -0.15) is 0 Å². The summed E-state index contributed by atoms with van der Waals surface area (Å²) in [5, 5.41) is 53.2. The van der Waals surface area contributed by atoms with Gasteiger partial charge in [0.05, 0.1) is 103 Å². The summed E-state index contributed by atoms with van der Waals surface area (Å²) in [5.41, 5.74) is 6.63. The van der Waals surface area contributed by atoms with Crippen molar-refractivity contribution in [2.75, 3.05) is 35.3 Å². The number of ether oxygens (including phenoxy) is 3. The number of esters is 1. The summed E-state index contributed by atoms with van der Waals surface area (Å²) < 4.78 is 20.3. The molecule has 6 heterocycles. The van der Waals surface area contributed by atoms with Gasteiger partial charge in [-0.25, -0.2) is 58.3 Å². The molecule has 0 bridgehead atoms. The third kappa shape index (κ3) is 51.3. The number of aliphatic hydroxyl groups excluding tert-OH is 1. The summed E-state index contributed by atoms with van der Waals surface area (Å²) >= 11 is 18.7. The van der Waals surface area contributed by atoms with Crippen LogP contribution in [0.5, 0.6) is 0 Å².